The highest BCUT2D eigenvalue weighted by Crippen LogP contribution is 2.35. The molecule has 6 nitrogen and oxygen atoms in total. The molecule has 0 spiro atoms. The van der Waals surface area contributed by atoms with Gasteiger partial charge in [-0.15, -0.1) is 11.3 Å². The molecule has 130 valence electrons. The van der Waals surface area contributed by atoms with Crippen LogP contribution < -0.4 is 5.32 Å². The van der Waals surface area contributed by atoms with Gasteiger partial charge in [-0.2, -0.15) is 5.10 Å². The number of aromatic nitrogens is 3. The first kappa shape index (κ1) is 17.1. The van der Waals surface area contributed by atoms with Crippen LogP contribution in [0.15, 0.2) is 5.38 Å². The van der Waals surface area contributed by atoms with Crippen LogP contribution in [0.1, 0.15) is 40.1 Å². The molecule has 3 heterocycles. The van der Waals surface area contributed by atoms with E-state index in [9.17, 15) is 4.79 Å². The minimum atomic E-state index is 0.0448. The molecule has 2 atom stereocenters. The Labute approximate surface area is 146 Å². The molecule has 1 saturated heterocycles. The van der Waals surface area contributed by atoms with Crippen LogP contribution in [-0.2, 0) is 18.3 Å². The summed E-state index contributed by atoms with van der Waals surface area (Å²) in [6, 6.07) is 0.159. The first-order chi connectivity index (χ1) is 11.4. The molecule has 1 aliphatic heterocycles. The Morgan fingerprint density at radius 1 is 1.33 bits per heavy atom. The van der Waals surface area contributed by atoms with Crippen LogP contribution in [-0.4, -0.2) is 45.2 Å². The van der Waals surface area contributed by atoms with Gasteiger partial charge < -0.3 is 10.2 Å². The Kier molecular flexibility index (Phi) is 4.73. The Balaban J connectivity index is 1.74. The second-order valence-electron chi connectivity index (χ2n) is 6.53. The lowest BCUT2D eigenvalue weighted by molar-refractivity contribution is -0.127. The lowest BCUT2D eigenvalue weighted by Crippen LogP contribution is -2.36. The third-order valence-corrected chi connectivity index (χ3v) is 5.72. The predicted molar refractivity (Wildman–Crippen MR) is 95.2 cm³/mol. The number of likely N-dealkylation sites (tertiary alicyclic amines) is 1. The van der Waals surface area contributed by atoms with E-state index >= 15 is 0 Å². The van der Waals surface area contributed by atoms with Crippen LogP contribution >= 0.6 is 11.3 Å². The maximum Gasteiger partial charge on any atom is 0.224 e. The highest BCUT2D eigenvalue weighted by Gasteiger charge is 2.40. The first-order valence-corrected chi connectivity index (χ1v) is 9.16. The van der Waals surface area contributed by atoms with E-state index in [1.54, 1.807) is 11.3 Å². The molecule has 0 unspecified atom stereocenters. The zero-order valence-corrected chi connectivity index (χ0v) is 15.8. The molecule has 0 aromatic carbocycles. The second kappa shape index (κ2) is 6.64. The normalized spacial score (nSPS) is 21.0. The third-order valence-electron chi connectivity index (χ3n) is 4.90. The number of thiazole rings is 1. The van der Waals surface area contributed by atoms with Gasteiger partial charge in [0, 0.05) is 56.2 Å². The molecular weight excluding hydrogens is 322 g/mol. The fraction of sp³-hybridized carbons (Fsp3) is 0.588. The van der Waals surface area contributed by atoms with Crippen molar-refractivity contribution in [2.75, 3.05) is 13.6 Å². The summed E-state index contributed by atoms with van der Waals surface area (Å²) in [5.41, 5.74) is 4.42. The summed E-state index contributed by atoms with van der Waals surface area (Å²) in [5.74, 6) is 0.185. The van der Waals surface area contributed by atoms with Gasteiger partial charge in [0.1, 0.15) is 0 Å². The number of likely N-dealkylation sites (N-methyl/N-ethyl adjacent to an activating group) is 1. The van der Waals surface area contributed by atoms with E-state index in [2.05, 4.69) is 27.7 Å². The third kappa shape index (κ3) is 3.10. The number of rotatable bonds is 5. The summed E-state index contributed by atoms with van der Waals surface area (Å²) < 4.78 is 1.90. The van der Waals surface area contributed by atoms with E-state index < -0.39 is 0 Å². The number of hydrogen-bond acceptors (Lipinski definition) is 5. The molecule has 1 amide bonds. The van der Waals surface area contributed by atoms with E-state index in [0.29, 0.717) is 6.42 Å². The van der Waals surface area contributed by atoms with Gasteiger partial charge >= 0.3 is 0 Å². The van der Waals surface area contributed by atoms with Crippen molar-refractivity contribution in [3.63, 3.8) is 0 Å². The summed E-state index contributed by atoms with van der Waals surface area (Å²) in [5, 5.41) is 11.3. The minimum Gasteiger partial charge on any atom is -0.337 e. The molecule has 0 radical (unpaired) electrons. The maximum absolute atomic E-state index is 12.3. The molecule has 0 aliphatic carbocycles. The van der Waals surface area contributed by atoms with Gasteiger partial charge in [0.25, 0.3) is 0 Å². The summed E-state index contributed by atoms with van der Waals surface area (Å²) in [6.07, 6.45) is 1.42. The highest BCUT2D eigenvalue weighted by molar-refractivity contribution is 7.09. The van der Waals surface area contributed by atoms with Gasteiger partial charge in [-0.1, -0.05) is 0 Å². The van der Waals surface area contributed by atoms with Gasteiger partial charge in [-0.25, -0.2) is 4.98 Å². The molecule has 2 aromatic heterocycles. The number of amides is 1. The number of aryl methyl sites for hydroxylation is 3. The van der Waals surface area contributed by atoms with E-state index in [4.69, 9.17) is 0 Å². The summed E-state index contributed by atoms with van der Waals surface area (Å²) in [6.45, 7) is 6.94. The number of nitrogens with one attached hydrogen (secondary N) is 1. The van der Waals surface area contributed by atoms with Crippen molar-refractivity contribution < 1.29 is 4.79 Å². The molecule has 1 N–H and O–H groups in total. The Hall–Kier alpha value is -1.73. The molecule has 2 aromatic rings. The average Bonchev–Trinajstić information content (AvgIpc) is 3.12. The minimum absolute atomic E-state index is 0.0448. The quantitative estimate of drug-likeness (QED) is 0.897. The van der Waals surface area contributed by atoms with Crippen molar-refractivity contribution >= 4 is 17.2 Å². The zero-order chi connectivity index (χ0) is 17.4. The van der Waals surface area contributed by atoms with E-state index in [-0.39, 0.29) is 18.0 Å². The molecule has 1 fully saturated rings. The number of nitrogens with zero attached hydrogens (tertiary/aromatic N) is 4. The van der Waals surface area contributed by atoms with Gasteiger partial charge in [0.15, 0.2) is 0 Å². The molecule has 0 bridgehead atoms. The molecule has 0 saturated carbocycles. The second-order valence-corrected chi connectivity index (χ2v) is 7.59. The molecular formula is C17H25N5OS. The fourth-order valence-electron chi connectivity index (χ4n) is 3.57. The van der Waals surface area contributed by atoms with Crippen molar-refractivity contribution in [3.05, 3.63) is 33.0 Å². The smallest absolute Gasteiger partial charge is 0.224 e. The van der Waals surface area contributed by atoms with Gasteiger partial charge in [0.2, 0.25) is 5.91 Å². The van der Waals surface area contributed by atoms with Crippen LogP contribution in [0.5, 0.6) is 0 Å². The SMILES string of the molecule is Cc1nc(CCN[C@@H]2CC(=O)N(C)[C@H]2c2c(C)nn(C)c2C)cs1. The van der Waals surface area contributed by atoms with Crippen LogP contribution in [0, 0.1) is 20.8 Å². The topological polar surface area (TPSA) is 63.1 Å². The molecule has 3 rings (SSSR count). The predicted octanol–water partition coefficient (Wildman–Crippen LogP) is 1.91. The van der Waals surface area contributed by atoms with Gasteiger partial charge in [-0.3, -0.25) is 9.48 Å². The average molecular weight is 347 g/mol. The number of hydrogen-bond donors (Lipinski definition) is 1. The van der Waals surface area contributed by atoms with Crippen molar-refractivity contribution in [1.82, 2.24) is 25.0 Å². The first-order valence-electron chi connectivity index (χ1n) is 8.28. The molecule has 7 heteroatoms. The molecule has 24 heavy (non-hydrogen) atoms. The lowest BCUT2D eigenvalue weighted by Gasteiger charge is -2.26. The summed E-state index contributed by atoms with van der Waals surface area (Å²) >= 11 is 1.68. The van der Waals surface area contributed by atoms with Crippen LogP contribution in [0.3, 0.4) is 0 Å². The highest BCUT2D eigenvalue weighted by atomic mass is 32.1. The molecule has 1 aliphatic rings. The number of carbonyl (C=O) groups is 1. The lowest BCUT2D eigenvalue weighted by atomic mass is 9.98. The number of carbonyl (C=O) groups excluding carboxylic acids is 1. The van der Waals surface area contributed by atoms with Crippen LogP contribution in [0.2, 0.25) is 0 Å². The maximum atomic E-state index is 12.3. The van der Waals surface area contributed by atoms with Gasteiger partial charge in [0.05, 0.1) is 22.4 Å². The fourth-order valence-corrected chi connectivity index (χ4v) is 4.22. The van der Waals surface area contributed by atoms with E-state index in [1.165, 1.54) is 5.56 Å². The Morgan fingerprint density at radius 2 is 2.08 bits per heavy atom. The van der Waals surface area contributed by atoms with Gasteiger partial charge in [-0.05, 0) is 20.8 Å². The standard InChI is InChI=1S/C17H25N5OS/c1-10-16(11(2)22(5)20-10)17-14(8-15(23)21(17)4)18-7-6-13-9-24-12(3)19-13/h9,14,17-18H,6-8H2,1-5H3/t14-,17-/m1/s1. The monoisotopic (exact) mass is 347 g/mol. The van der Waals surface area contributed by atoms with Crippen molar-refractivity contribution in [1.29, 1.82) is 0 Å². The van der Waals surface area contributed by atoms with E-state index in [0.717, 1.165) is 35.1 Å². The summed E-state index contributed by atoms with van der Waals surface area (Å²) in [7, 11) is 3.85. The largest absolute Gasteiger partial charge is 0.337 e. The summed E-state index contributed by atoms with van der Waals surface area (Å²) in [4.78, 5) is 18.6. The van der Waals surface area contributed by atoms with Crippen molar-refractivity contribution in [3.8, 4) is 0 Å². The van der Waals surface area contributed by atoms with Crippen LogP contribution in [0.4, 0.5) is 0 Å². The van der Waals surface area contributed by atoms with Crippen LogP contribution in [0.25, 0.3) is 0 Å². The Morgan fingerprint density at radius 3 is 2.67 bits per heavy atom. The van der Waals surface area contributed by atoms with Crippen molar-refractivity contribution in [2.45, 2.75) is 45.7 Å². The Bertz CT molecular complexity index is 750. The van der Waals surface area contributed by atoms with E-state index in [1.807, 2.05) is 37.5 Å². The zero-order valence-electron chi connectivity index (χ0n) is 15.0. The van der Waals surface area contributed by atoms with Crippen molar-refractivity contribution in [2.24, 2.45) is 7.05 Å².